The van der Waals surface area contributed by atoms with Crippen LogP contribution in [0.3, 0.4) is 0 Å². The molecule has 0 radical (unpaired) electrons. The fourth-order valence-electron chi connectivity index (χ4n) is 2.91. The average molecular weight is 240 g/mol. The predicted octanol–water partition coefficient (Wildman–Crippen LogP) is 1.59. The monoisotopic (exact) mass is 240 g/mol. The lowest BCUT2D eigenvalue weighted by Crippen LogP contribution is -2.31. The van der Waals surface area contributed by atoms with Gasteiger partial charge >= 0.3 is 0 Å². The summed E-state index contributed by atoms with van der Waals surface area (Å²) in [5, 5.41) is 3.59. The lowest BCUT2D eigenvalue weighted by atomic mass is 10.1. The van der Waals surface area contributed by atoms with E-state index in [2.05, 4.69) is 24.1 Å². The van der Waals surface area contributed by atoms with Gasteiger partial charge in [0, 0.05) is 19.7 Å². The molecule has 2 saturated heterocycles. The molecule has 0 aromatic rings. The standard InChI is InChI=1S/C14H28N2O/c1-12(2)7-15-8-13-3-5-16(9-13)10-14-4-6-17-11-14/h12-15H,3-11H2,1-2H3. The number of ether oxygens (including phenoxy) is 1. The van der Waals surface area contributed by atoms with Gasteiger partial charge < -0.3 is 15.0 Å². The van der Waals surface area contributed by atoms with Gasteiger partial charge in [-0.25, -0.2) is 0 Å². The van der Waals surface area contributed by atoms with E-state index in [4.69, 9.17) is 4.74 Å². The van der Waals surface area contributed by atoms with Gasteiger partial charge in [0.05, 0.1) is 6.61 Å². The molecule has 0 aromatic carbocycles. The molecule has 0 aromatic heterocycles. The lowest BCUT2D eigenvalue weighted by Gasteiger charge is -2.19. The fourth-order valence-corrected chi connectivity index (χ4v) is 2.91. The third-order valence-electron chi connectivity index (χ3n) is 3.90. The Labute approximate surface area is 106 Å². The Balaban J connectivity index is 1.58. The van der Waals surface area contributed by atoms with E-state index in [0.717, 1.165) is 37.5 Å². The van der Waals surface area contributed by atoms with E-state index in [1.807, 2.05) is 0 Å². The van der Waals surface area contributed by atoms with Crippen molar-refractivity contribution in [2.45, 2.75) is 26.7 Å². The number of likely N-dealkylation sites (tertiary alicyclic amines) is 1. The second kappa shape index (κ2) is 6.72. The van der Waals surface area contributed by atoms with Gasteiger partial charge in [0.1, 0.15) is 0 Å². The molecule has 0 saturated carbocycles. The topological polar surface area (TPSA) is 24.5 Å². The van der Waals surface area contributed by atoms with Crippen LogP contribution < -0.4 is 5.32 Å². The van der Waals surface area contributed by atoms with Crippen molar-refractivity contribution in [2.75, 3.05) is 45.9 Å². The van der Waals surface area contributed by atoms with E-state index < -0.39 is 0 Å². The first-order valence-corrected chi connectivity index (χ1v) is 7.25. The summed E-state index contributed by atoms with van der Waals surface area (Å²) in [6, 6.07) is 0. The number of rotatable bonds is 6. The molecule has 2 aliphatic heterocycles. The van der Waals surface area contributed by atoms with Crippen molar-refractivity contribution >= 4 is 0 Å². The van der Waals surface area contributed by atoms with E-state index >= 15 is 0 Å². The van der Waals surface area contributed by atoms with E-state index in [1.165, 1.54) is 39.0 Å². The first-order valence-electron chi connectivity index (χ1n) is 7.25. The average Bonchev–Trinajstić information content (AvgIpc) is 2.90. The molecular formula is C14H28N2O. The first-order chi connectivity index (χ1) is 8.24. The maximum absolute atomic E-state index is 5.45. The molecule has 2 aliphatic rings. The zero-order valence-corrected chi connectivity index (χ0v) is 11.5. The van der Waals surface area contributed by atoms with Crippen LogP contribution in [0.15, 0.2) is 0 Å². The minimum atomic E-state index is 0.767. The summed E-state index contributed by atoms with van der Waals surface area (Å²) in [5.74, 6) is 2.44. The zero-order chi connectivity index (χ0) is 12.1. The molecule has 100 valence electrons. The summed E-state index contributed by atoms with van der Waals surface area (Å²) in [6.45, 7) is 12.7. The Morgan fingerprint density at radius 1 is 1.29 bits per heavy atom. The molecule has 0 aliphatic carbocycles. The lowest BCUT2D eigenvalue weighted by molar-refractivity contribution is 0.173. The second-order valence-electron chi connectivity index (χ2n) is 6.20. The highest BCUT2D eigenvalue weighted by Gasteiger charge is 2.25. The summed E-state index contributed by atoms with van der Waals surface area (Å²) in [4.78, 5) is 2.64. The van der Waals surface area contributed by atoms with E-state index in [1.54, 1.807) is 0 Å². The van der Waals surface area contributed by atoms with Gasteiger partial charge in [-0.3, -0.25) is 0 Å². The minimum Gasteiger partial charge on any atom is -0.381 e. The molecule has 17 heavy (non-hydrogen) atoms. The largest absolute Gasteiger partial charge is 0.381 e. The van der Waals surface area contributed by atoms with Crippen LogP contribution in [-0.2, 0) is 4.74 Å². The molecule has 3 heteroatoms. The van der Waals surface area contributed by atoms with Gasteiger partial charge in [-0.05, 0) is 50.2 Å². The summed E-state index contributed by atoms with van der Waals surface area (Å²) in [6.07, 6.45) is 2.64. The Morgan fingerprint density at radius 2 is 2.18 bits per heavy atom. The highest BCUT2D eigenvalue weighted by Crippen LogP contribution is 2.20. The zero-order valence-electron chi connectivity index (χ0n) is 11.5. The fraction of sp³-hybridized carbons (Fsp3) is 1.00. The Bertz CT molecular complexity index is 214. The summed E-state index contributed by atoms with van der Waals surface area (Å²) in [5.41, 5.74) is 0. The minimum absolute atomic E-state index is 0.767. The summed E-state index contributed by atoms with van der Waals surface area (Å²) < 4.78 is 5.45. The molecule has 2 rings (SSSR count). The number of nitrogens with zero attached hydrogens (tertiary/aromatic N) is 1. The molecule has 2 fully saturated rings. The van der Waals surface area contributed by atoms with Crippen molar-refractivity contribution in [1.29, 1.82) is 0 Å². The van der Waals surface area contributed by atoms with Gasteiger partial charge in [0.2, 0.25) is 0 Å². The Hall–Kier alpha value is -0.120. The maximum atomic E-state index is 5.45. The van der Waals surface area contributed by atoms with Gasteiger partial charge in [0.15, 0.2) is 0 Å². The van der Waals surface area contributed by atoms with E-state index in [-0.39, 0.29) is 0 Å². The van der Waals surface area contributed by atoms with Crippen LogP contribution in [0.2, 0.25) is 0 Å². The van der Waals surface area contributed by atoms with Crippen LogP contribution in [-0.4, -0.2) is 50.8 Å². The summed E-state index contributed by atoms with van der Waals surface area (Å²) in [7, 11) is 0. The van der Waals surface area contributed by atoms with Crippen molar-refractivity contribution in [3.05, 3.63) is 0 Å². The van der Waals surface area contributed by atoms with E-state index in [9.17, 15) is 0 Å². The predicted molar refractivity (Wildman–Crippen MR) is 71.2 cm³/mol. The first kappa shape index (κ1) is 13.3. The van der Waals surface area contributed by atoms with E-state index in [0.29, 0.717) is 0 Å². The highest BCUT2D eigenvalue weighted by molar-refractivity contribution is 4.80. The highest BCUT2D eigenvalue weighted by atomic mass is 16.5. The molecule has 2 unspecified atom stereocenters. The molecule has 0 amide bonds. The van der Waals surface area contributed by atoms with Gasteiger partial charge in [-0.2, -0.15) is 0 Å². The molecule has 0 bridgehead atoms. The maximum Gasteiger partial charge on any atom is 0.0507 e. The van der Waals surface area contributed by atoms with Gasteiger partial charge in [0.25, 0.3) is 0 Å². The van der Waals surface area contributed by atoms with Crippen LogP contribution in [0, 0.1) is 17.8 Å². The molecular weight excluding hydrogens is 212 g/mol. The quantitative estimate of drug-likeness (QED) is 0.763. The van der Waals surface area contributed by atoms with Crippen molar-refractivity contribution in [1.82, 2.24) is 10.2 Å². The number of hydrogen-bond donors (Lipinski definition) is 1. The number of hydrogen-bond acceptors (Lipinski definition) is 3. The molecule has 1 N–H and O–H groups in total. The second-order valence-corrected chi connectivity index (χ2v) is 6.20. The van der Waals surface area contributed by atoms with Crippen LogP contribution in [0.5, 0.6) is 0 Å². The Kier molecular flexibility index (Phi) is 5.26. The van der Waals surface area contributed by atoms with Crippen molar-refractivity contribution in [3.63, 3.8) is 0 Å². The van der Waals surface area contributed by atoms with Crippen molar-refractivity contribution in [3.8, 4) is 0 Å². The van der Waals surface area contributed by atoms with Crippen molar-refractivity contribution < 1.29 is 4.74 Å². The molecule has 3 nitrogen and oxygen atoms in total. The molecule has 0 spiro atoms. The van der Waals surface area contributed by atoms with Crippen LogP contribution >= 0.6 is 0 Å². The smallest absolute Gasteiger partial charge is 0.0507 e. The molecule has 2 atom stereocenters. The van der Waals surface area contributed by atoms with Crippen LogP contribution in [0.4, 0.5) is 0 Å². The van der Waals surface area contributed by atoms with Crippen LogP contribution in [0.1, 0.15) is 26.7 Å². The van der Waals surface area contributed by atoms with Crippen LogP contribution in [0.25, 0.3) is 0 Å². The Morgan fingerprint density at radius 3 is 2.88 bits per heavy atom. The van der Waals surface area contributed by atoms with Gasteiger partial charge in [-0.15, -0.1) is 0 Å². The number of nitrogens with one attached hydrogen (secondary N) is 1. The third-order valence-corrected chi connectivity index (χ3v) is 3.90. The third kappa shape index (κ3) is 4.57. The van der Waals surface area contributed by atoms with Gasteiger partial charge in [-0.1, -0.05) is 13.8 Å². The SMILES string of the molecule is CC(C)CNCC1CCN(CC2CCOC2)C1. The van der Waals surface area contributed by atoms with Crippen molar-refractivity contribution in [2.24, 2.45) is 17.8 Å². The molecule has 2 heterocycles. The normalized spacial score (nSPS) is 30.5. The summed E-state index contributed by atoms with van der Waals surface area (Å²) >= 11 is 0.